The Morgan fingerprint density at radius 3 is 1.29 bits per heavy atom. The van der Waals surface area contributed by atoms with E-state index in [4.69, 9.17) is 17.5 Å². The van der Waals surface area contributed by atoms with Crippen molar-refractivity contribution in [3.8, 4) is 0 Å². The molecule has 0 heterocycles. The van der Waals surface area contributed by atoms with Crippen LogP contribution < -0.4 is 0 Å². The summed E-state index contributed by atoms with van der Waals surface area (Å²) in [7, 11) is -4.67. The zero-order chi connectivity index (χ0) is 4.50. The minimum atomic E-state index is -4.67. The molecule has 0 aromatic rings. The molecule has 0 spiro atoms. The van der Waals surface area contributed by atoms with Gasteiger partial charge in [-0.15, -0.1) is 0 Å². The third kappa shape index (κ3) is 67.3. The van der Waals surface area contributed by atoms with Crippen molar-refractivity contribution in [1.29, 1.82) is 0 Å². The van der Waals surface area contributed by atoms with Gasteiger partial charge < -0.3 is 2.85 Å². The van der Waals surface area contributed by atoms with Crippen LogP contribution in [0, 0.1) is 0 Å². The SMILES string of the molecule is O=S(=O)(O)O.[Ba+2].[H-].[H-].[Pt]. The molecule has 0 aliphatic carbocycles. The van der Waals surface area contributed by atoms with Gasteiger partial charge in [-0.05, 0) is 0 Å². The van der Waals surface area contributed by atoms with E-state index in [1.54, 1.807) is 0 Å². The fraction of sp³-hybridized carbons (Fsp3) is 0. The Hall–Kier alpha value is 2.13. The van der Waals surface area contributed by atoms with Gasteiger partial charge in [0.15, 0.2) is 0 Å². The molecule has 0 amide bonds. The van der Waals surface area contributed by atoms with Gasteiger partial charge >= 0.3 is 59.3 Å². The Kier molecular flexibility index (Phi) is 14.3. The molecular weight excluding hydrogens is 428 g/mol. The molecule has 7 heteroatoms. The topological polar surface area (TPSA) is 74.6 Å². The van der Waals surface area contributed by atoms with E-state index < -0.39 is 10.4 Å². The molecule has 0 aromatic carbocycles. The van der Waals surface area contributed by atoms with Crippen molar-refractivity contribution in [1.82, 2.24) is 0 Å². The van der Waals surface area contributed by atoms with Crippen LogP contribution in [-0.4, -0.2) is 66.4 Å². The molecule has 46 valence electrons. The Morgan fingerprint density at radius 1 is 1.29 bits per heavy atom. The van der Waals surface area contributed by atoms with Crippen molar-refractivity contribution < 1.29 is 41.4 Å². The number of rotatable bonds is 0. The summed E-state index contributed by atoms with van der Waals surface area (Å²) in [5.41, 5.74) is 0. The van der Waals surface area contributed by atoms with Gasteiger partial charge in [0.25, 0.3) is 0 Å². The summed E-state index contributed by atoms with van der Waals surface area (Å²) >= 11 is 0. The fourth-order valence-corrected chi connectivity index (χ4v) is 0. The molecule has 7 heavy (non-hydrogen) atoms. The van der Waals surface area contributed by atoms with Crippen LogP contribution in [0.5, 0.6) is 0 Å². The van der Waals surface area contributed by atoms with E-state index in [0.29, 0.717) is 0 Å². The van der Waals surface area contributed by atoms with Gasteiger partial charge in [-0.25, -0.2) is 0 Å². The van der Waals surface area contributed by atoms with Crippen molar-refractivity contribution in [2.24, 2.45) is 0 Å². The molecular formula is H4BaO4PtS. The second kappa shape index (κ2) is 6.25. The summed E-state index contributed by atoms with van der Waals surface area (Å²) in [5, 5.41) is 0. The first kappa shape index (κ1) is 16.1. The predicted molar refractivity (Wildman–Crippen MR) is 22.2 cm³/mol. The summed E-state index contributed by atoms with van der Waals surface area (Å²) in [6.07, 6.45) is 0. The van der Waals surface area contributed by atoms with Gasteiger partial charge in [0, 0.05) is 21.1 Å². The van der Waals surface area contributed by atoms with E-state index in [1.807, 2.05) is 0 Å². The Morgan fingerprint density at radius 2 is 1.29 bits per heavy atom. The second-order valence-corrected chi connectivity index (χ2v) is 1.34. The zero-order valence-corrected chi connectivity index (χ0v) is 10.7. The quantitative estimate of drug-likeness (QED) is 0.388. The average molecular weight is 433 g/mol. The third-order valence-electron chi connectivity index (χ3n) is 0. The summed E-state index contributed by atoms with van der Waals surface area (Å²) in [4.78, 5) is 0. The van der Waals surface area contributed by atoms with Crippen LogP contribution in [0.1, 0.15) is 2.85 Å². The van der Waals surface area contributed by atoms with Crippen LogP contribution in [0.4, 0.5) is 0 Å². The van der Waals surface area contributed by atoms with Crippen molar-refractivity contribution in [2.75, 3.05) is 0 Å². The molecule has 0 atom stereocenters. The van der Waals surface area contributed by atoms with Crippen LogP contribution in [-0.2, 0) is 31.5 Å². The summed E-state index contributed by atoms with van der Waals surface area (Å²) in [6.45, 7) is 0. The predicted octanol–water partition coefficient (Wildman–Crippen LogP) is -0.811. The molecule has 4 nitrogen and oxygen atoms in total. The van der Waals surface area contributed by atoms with E-state index >= 15 is 0 Å². The monoisotopic (exact) mass is 433 g/mol. The molecule has 0 unspecified atom stereocenters. The minimum Gasteiger partial charge on any atom is -1.00 e. The number of hydrogen-bond acceptors (Lipinski definition) is 2. The van der Waals surface area contributed by atoms with Crippen LogP contribution in [0.25, 0.3) is 0 Å². The first-order valence-electron chi connectivity index (χ1n) is 0.698. The van der Waals surface area contributed by atoms with Gasteiger partial charge in [-0.3, -0.25) is 9.11 Å². The fourth-order valence-electron chi connectivity index (χ4n) is 0. The average Bonchev–Trinajstić information content (AvgIpc) is 0.722. The Bertz CT molecular complexity index is 102. The standard InChI is InChI=1S/Ba.H2O4S.Pt.2H/c;1-5(2,3)4;;;/h;(H2,1,2,3,4);;;/q+2;;;2*-1. The van der Waals surface area contributed by atoms with Gasteiger partial charge in [-0.1, -0.05) is 0 Å². The van der Waals surface area contributed by atoms with Crippen LogP contribution >= 0.6 is 0 Å². The van der Waals surface area contributed by atoms with Gasteiger partial charge in [0.2, 0.25) is 0 Å². The molecule has 0 saturated carbocycles. The molecule has 0 bridgehead atoms. The first-order chi connectivity index (χ1) is 2.00. The van der Waals surface area contributed by atoms with Crippen molar-refractivity contribution in [2.45, 2.75) is 0 Å². The second-order valence-electron chi connectivity index (χ2n) is 0.448. The zero-order valence-electron chi connectivity index (χ0n) is 5.14. The van der Waals surface area contributed by atoms with E-state index in [-0.39, 0.29) is 72.8 Å². The largest absolute Gasteiger partial charge is 2.00 e. The maximum Gasteiger partial charge on any atom is 2.00 e. The molecule has 0 radical (unpaired) electrons. The molecule has 2 N–H and O–H groups in total. The summed E-state index contributed by atoms with van der Waals surface area (Å²) < 4.78 is 31.6. The van der Waals surface area contributed by atoms with Crippen LogP contribution in [0.2, 0.25) is 0 Å². The Balaban J connectivity index is -0.0000000133. The molecule has 0 fully saturated rings. The van der Waals surface area contributed by atoms with Crippen molar-refractivity contribution in [3.63, 3.8) is 0 Å². The normalized spacial score (nSPS) is 8.29. The van der Waals surface area contributed by atoms with E-state index in [9.17, 15) is 0 Å². The maximum atomic E-state index is 8.74. The molecule has 0 rings (SSSR count). The van der Waals surface area contributed by atoms with Gasteiger partial charge in [0.05, 0.1) is 0 Å². The van der Waals surface area contributed by atoms with Crippen molar-refractivity contribution in [3.05, 3.63) is 0 Å². The Labute approximate surface area is 98.9 Å². The van der Waals surface area contributed by atoms with Crippen LogP contribution in [0.15, 0.2) is 0 Å². The van der Waals surface area contributed by atoms with E-state index in [1.165, 1.54) is 0 Å². The minimum absolute atomic E-state index is 0. The van der Waals surface area contributed by atoms with E-state index in [2.05, 4.69) is 0 Å². The summed E-state index contributed by atoms with van der Waals surface area (Å²) in [5.74, 6) is 0. The van der Waals surface area contributed by atoms with Crippen LogP contribution in [0.3, 0.4) is 0 Å². The smallest absolute Gasteiger partial charge is 1.00 e. The summed E-state index contributed by atoms with van der Waals surface area (Å²) in [6, 6.07) is 0. The molecule has 0 aliphatic rings. The molecule has 0 aliphatic heterocycles. The van der Waals surface area contributed by atoms with Gasteiger partial charge in [-0.2, -0.15) is 8.42 Å². The van der Waals surface area contributed by atoms with Gasteiger partial charge in [0.1, 0.15) is 0 Å². The first-order valence-corrected chi connectivity index (χ1v) is 2.10. The molecule has 0 aromatic heterocycles. The third-order valence-corrected chi connectivity index (χ3v) is 0. The number of hydrogen-bond donors (Lipinski definition) is 2. The molecule has 0 saturated heterocycles. The maximum absolute atomic E-state index is 8.74. The van der Waals surface area contributed by atoms with Crippen molar-refractivity contribution >= 4 is 59.3 Å². The van der Waals surface area contributed by atoms with E-state index in [0.717, 1.165) is 0 Å².